The largest absolute Gasteiger partial charge is 0.416 e. The fraction of sp³-hybridized carbons (Fsp3) is 0.615. The summed E-state index contributed by atoms with van der Waals surface area (Å²) in [6.45, 7) is 2.13. The van der Waals surface area contributed by atoms with Crippen LogP contribution in [-0.4, -0.2) is 22.8 Å². The number of ether oxygens (including phenoxy) is 1. The van der Waals surface area contributed by atoms with Crippen molar-refractivity contribution in [1.82, 2.24) is 4.98 Å². The molecule has 2 unspecified atom stereocenters. The number of alkyl halides is 3. The molecule has 1 aliphatic rings. The van der Waals surface area contributed by atoms with Gasteiger partial charge in [0, 0.05) is 30.8 Å². The van der Waals surface area contributed by atoms with Gasteiger partial charge in [0.05, 0.1) is 23.9 Å². The molecule has 1 N–H and O–H groups in total. The summed E-state index contributed by atoms with van der Waals surface area (Å²) in [4.78, 5) is 3.73. The van der Waals surface area contributed by atoms with E-state index in [-0.39, 0.29) is 31.1 Å². The molecule has 2 atom stereocenters. The van der Waals surface area contributed by atoms with E-state index in [1.165, 1.54) is 0 Å². The fourth-order valence-corrected chi connectivity index (χ4v) is 2.45. The van der Waals surface area contributed by atoms with Crippen molar-refractivity contribution in [2.45, 2.75) is 44.1 Å². The van der Waals surface area contributed by atoms with E-state index >= 15 is 0 Å². The van der Waals surface area contributed by atoms with Gasteiger partial charge >= 0.3 is 6.18 Å². The van der Waals surface area contributed by atoms with Crippen LogP contribution >= 0.6 is 0 Å². The maximum atomic E-state index is 13.0. The predicted molar refractivity (Wildman–Crippen MR) is 62.4 cm³/mol. The zero-order valence-corrected chi connectivity index (χ0v) is 10.6. The molecular weight excluding hydrogens is 259 g/mol. The summed E-state index contributed by atoms with van der Waals surface area (Å²) in [6.07, 6.45) is -1.54. The lowest BCUT2D eigenvalue weighted by atomic mass is 9.81. The lowest BCUT2D eigenvalue weighted by molar-refractivity contribution is -0.147. The number of nitrogens with zero attached hydrogens (tertiary/aromatic N) is 1. The van der Waals surface area contributed by atoms with Gasteiger partial charge in [-0.05, 0) is 12.5 Å². The lowest BCUT2D eigenvalue weighted by Crippen LogP contribution is -2.39. The van der Waals surface area contributed by atoms with Crippen molar-refractivity contribution < 1.29 is 23.0 Å². The van der Waals surface area contributed by atoms with E-state index in [2.05, 4.69) is 4.98 Å². The molecule has 0 amide bonds. The van der Waals surface area contributed by atoms with Crippen molar-refractivity contribution in [3.05, 3.63) is 29.6 Å². The van der Waals surface area contributed by atoms with Crippen LogP contribution in [-0.2, 0) is 16.5 Å². The topological polar surface area (TPSA) is 42.4 Å². The molecule has 6 heteroatoms. The van der Waals surface area contributed by atoms with Gasteiger partial charge in [0.25, 0.3) is 0 Å². The number of pyridine rings is 1. The van der Waals surface area contributed by atoms with Crippen LogP contribution in [0.2, 0.25) is 0 Å². The first-order valence-corrected chi connectivity index (χ1v) is 6.22. The molecule has 0 aliphatic carbocycles. The molecule has 1 aliphatic heterocycles. The van der Waals surface area contributed by atoms with Crippen molar-refractivity contribution in [3.8, 4) is 0 Å². The van der Waals surface area contributed by atoms with Crippen LogP contribution < -0.4 is 0 Å². The van der Waals surface area contributed by atoms with E-state index in [1.807, 2.05) is 6.92 Å². The van der Waals surface area contributed by atoms with Gasteiger partial charge in [-0.2, -0.15) is 13.2 Å². The van der Waals surface area contributed by atoms with Crippen LogP contribution in [0, 0.1) is 0 Å². The van der Waals surface area contributed by atoms with E-state index < -0.39 is 17.3 Å². The summed E-state index contributed by atoms with van der Waals surface area (Å²) >= 11 is 0. The van der Waals surface area contributed by atoms with E-state index in [1.54, 1.807) is 0 Å². The van der Waals surface area contributed by atoms with Crippen LogP contribution in [0.5, 0.6) is 0 Å². The van der Waals surface area contributed by atoms with E-state index in [9.17, 15) is 18.3 Å². The molecular formula is C13H16F3NO2. The molecule has 0 spiro atoms. The third kappa shape index (κ3) is 2.90. The average Bonchev–Trinajstić information content (AvgIpc) is 2.38. The van der Waals surface area contributed by atoms with Gasteiger partial charge in [-0.1, -0.05) is 6.92 Å². The first-order chi connectivity index (χ1) is 8.87. The lowest BCUT2D eigenvalue weighted by Gasteiger charge is -2.38. The third-order valence-electron chi connectivity index (χ3n) is 3.52. The molecule has 3 nitrogen and oxygen atoms in total. The van der Waals surface area contributed by atoms with Gasteiger partial charge in [-0.3, -0.25) is 4.98 Å². The summed E-state index contributed by atoms with van der Waals surface area (Å²) in [7, 11) is 0. The van der Waals surface area contributed by atoms with E-state index in [4.69, 9.17) is 4.74 Å². The monoisotopic (exact) mass is 275 g/mol. The van der Waals surface area contributed by atoms with Gasteiger partial charge in [0.2, 0.25) is 0 Å². The first kappa shape index (κ1) is 14.3. The highest BCUT2D eigenvalue weighted by Gasteiger charge is 2.43. The minimum atomic E-state index is -4.49. The molecule has 106 valence electrons. The summed E-state index contributed by atoms with van der Waals surface area (Å²) < 4.78 is 44.4. The number of aliphatic hydroxyl groups is 1. The summed E-state index contributed by atoms with van der Waals surface area (Å²) in [5.41, 5.74) is -2.48. The van der Waals surface area contributed by atoms with Gasteiger partial charge in [-0.25, -0.2) is 0 Å². The number of aromatic nitrogens is 1. The number of hydrogen-bond donors (Lipinski definition) is 1. The number of hydrogen-bond acceptors (Lipinski definition) is 3. The Kier molecular flexibility index (Phi) is 3.82. The van der Waals surface area contributed by atoms with Crippen LogP contribution in [0.1, 0.15) is 37.3 Å². The smallest absolute Gasteiger partial charge is 0.385 e. The molecule has 0 aromatic carbocycles. The maximum Gasteiger partial charge on any atom is 0.416 e. The fourth-order valence-electron chi connectivity index (χ4n) is 2.45. The molecule has 0 bridgehead atoms. The minimum Gasteiger partial charge on any atom is -0.385 e. The molecule has 1 aromatic heterocycles. The predicted octanol–water partition coefficient (Wildman–Crippen LogP) is 2.88. The Bertz CT molecular complexity index is 450. The van der Waals surface area contributed by atoms with Gasteiger partial charge in [-0.15, -0.1) is 0 Å². The molecule has 0 radical (unpaired) electrons. The van der Waals surface area contributed by atoms with Crippen molar-refractivity contribution in [2.75, 3.05) is 6.61 Å². The van der Waals surface area contributed by atoms with E-state index in [0.717, 1.165) is 18.5 Å². The van der Waals surface area contributed by atoms with Gasteiger partial charge < -0.3 is 9.84 Å². The van der Waals surface area contributed by atoms with Crippen LogP contribution in [0.15, 0.2) is 18.5 Å². The Morgan fingerprint density at radius 3 is 2.89 bits per heavy atom. The molecule has 1 saturated heterocycles. The Labute approximate surface area is 109 Å². The van der Waals surface area contributed by atoms with Gasteiger partial charge in [0.15, 0.2) is 0 Å². The SMILES string of the molecule is CCC1CC(O)(c2cnccc2C(F)(F)F)CCO1. The van der Waals surface area contributed by atoms with Crippen molar-refractivity contribution in [1.29, 1.82) is 0 Å². The Morgan fingerprint density at radius 2 is 2.26 bits per heavy atom. The molecule has 1 aromatic rings. The zero-order chi connectivity index (χ0) is 14.1. The second-order valence-corrected chi connectivity index (χ2v) is 4.81. The summed E-state index contributed by atoms with van der Waals surface area (Å²) in [6, 6.07) is 0.906. The highest BCUT2D eigenvalue weighted by atomic mass is 19.4. The maximum absolute atomic E-state index is 13.0. The zero-order valence-electron chi connectivity index (χ0n) is 10.6. The Morgan fingerprint density at radius 1 is 1.53 bits per heavy atom. The summed E-state index contributed by atoms with van der Waals surface area (Å²) in [5.74, 6) is 0. The Hall–Kier alpha value is -1.14. The standard InChI is InChI=1S/C13H16F3NO2/c1-2-9-7-12(18,4-6-19-9)11-8-17-5-3-10(11)13(14,15)16/h3,5,8-9,18H,2,4,6-7H2,1H3. The number of rotatable bonds is 2. The molecule has 2 rings (SSSR count). The highest BCUT2D eigenvalue weighted by molar-refractivity contribution is 5.32. The normalized spacial score (nSPS) is 28.4. The first-order valence-electron chi connectivity index (χ1n) is 6.22. The van der Waals surface area contributed by atoms with Crippen LogP contribution in [0.4, 0.5) is 13.2 Å². The molecule has 1 fully saturated rings. The van der Waals surface area contributed by atoms with Crippen LogP contribution in [0.3, 0.4) is 0 Å². The summed E-state index contributed by atoms with van der Waals surface area (Å²) in [5, 5.41) is 10.6. The average molecular weight is 275 g/mol. The van der Waals surface area contributed by atoms with Crippen molar-refractivity contribution in [2.24, 2.45) is 0 Å². The number of halogens is 3. The second kappa shape index (κ2) is 5.09. The highest BCUT2D eigenvalue weighted by Crippen LogP contribution is 2.41. The quantitative estimate of drug-likeness (QED) is 0.902. The van der Waals surface area contributed by atoms with Gasteiger partial charge in [0.1, 0.15) is 0 Å². The van der Waals surface area contributed by atoms with E-state index in [0.29, 0.717) is 6.42 Å². The van der Waals surface area contributed by atoms with Crippen molar-refractivity contribution in [3.63, 3.8) is 0 Å². The van der Waals surface area contributed by atoms with Crippen LogP contribution in [0.25, 0.3) is 0 Å². The molecule has 0 saturated carbocycles. The molecule has 19 heavy (non-hydrogen) atoms. The third-order valence-corrected chi connectivity index (χ3v) is 3.52. The second-order valence-electron chi connectivity index (χ2n) is 4.81. The molecule has 2 heterocycles. The minimum absolute atomic E-state index is 0.149. The Balaban J connectivity index is 2.40. The van der Waals surface area contributed by atoms with Crippen molar-refractivity contribution >= 4 is 0 Å².